The molecule has 1 unspecified atom stereocenters. The maximum atomic E-state index is 13.6. The number of aromatic nitrogens is 4. The van der Waals surface area contributed by atoms with Crippen molar-refractivity contribution in [1.29, 1.82) is 0 Å². The number of hydrogen-bond donors (Lipinski definition) is 0. The van der Waals surface area contributed by atoms with E-state index in [0.717, 1.165) is 22.6 Å². The number of benzene rings is 2. The summed E-state index contributed by atoms with van der Waals surface area (Å²) in [4.78, 5) is 28.0. The molecule has 0 aliphatic carbocycles. The fourth-order valence-electron chi connectivity index (χ4n) is 3.67. The Morgan fingerprint density at radius 3 is 2.22 bits per heavy atom. The van der Waals surface area contributed by atoms with Crippen LogP contribution in [0.5, 0.6) is 0 Å². The predicted molar refractivity (Wildman–Crippen MR) is 124 cm³/mol. The predicted octanol–water partition coefficient (Wildman–Crippen LogP) is 3.84. The largest absolute Gasteiger partial charge is 0.306 e. The molecular weight excluding hydrogens is 402 g/mol. The average Bonchev–Trinajstić information content (AvgIpc) is 3.16. The smallest absolute Gasteiger partial charge is 0.267 e. The molecule has 0 aliphatic heterocycles. The molecule has 0 radical (unpaired) electrons. The van der Waals surface area contributed by atoms with Crippen molar-refractivity contribution in [3.05, 3.63) is 106 Å². The molecule has 4 aromatic rings. The third kappa shape index (κ3) is 4.37. The number of aryl methyl sites for hydroxylation is 2. The molecule has 0 bridgehead atoms. The van der Waals surface area contributed by atoms with Crippen LogP contribution in [0.4, 0.5) is 5.69 Å². The van der Waals surface area contributed by atoms with Crippen LogP contribution in [0, 0.1) is 13.8 Å². The molecule has 0 saturated heterocycles. The van der Waals surface area contributed by atoms with Crippen LogP contribution in [0.3, 0.4) is 0 Å². The van der Waals surface area contributed by atoms with E-state index in [1.54, 1.807) is 22.6 Å². The summed E-state index contributed by atoms with van der Waals surface area (Å²) in [6.07, 6.45) is 0. The first kappa shape index (κ1) is 21.2. The number of rotatable bonds is 6. The van der Waals surface area contributed by atoms with E-state index in [-0.39, 0.29) is 11.5 Å². The normalized spacial score (nSPS) is 11.8. The molecule has 0 spiro atoms. The molecule has 32 heavy (non-hydrogen) atoms. The number of anilines is 1. The molecule has 0 fully saturated rings. The van der Waals surface area contributed by atoms with E-state index >= 15 is 0 Å². The Morgan fingerprint density at radius 1 is 0.938 bits per heavy atom. The van der Waals surface area contributed by atoms with E-state index in [2.05, 4.69) is 10.2 Å². The summed E-state index contributed by atoms with van der Waals surface area (Å²) in [5.41, 5.74) is 3.16. The van der Waals surface area contributed by atoms with E-state index in [9.17, 15) is 9.59 Å². The summed E-state index contributed by atoms with van der Waals surface area (Å²) in [6.45, 7) is 5.90. The SMILES string of the molecule is Cc1cc(C)n(-c2ccc(=O)n(C(C)C(=O)N(Cc3ccccc3)c3ccccc3)n2)n1. The Bertz CT molecular complexity index is 1280. The number of para-hydroxylation sites is 1. The first-order chi connectivity index (χ1) is 15.4. The fraction of sp³-hybridized carbons (Fsp3) is 0.200. The Balaban J connectivity index is 1.71. The highest BCUT2D eigenvalue weighted by Gasteiger charge is 2.25. The van der Waals surface area contributed by atoms with Gasteiger partial charge in [-0.15, -0.1) is 5.10 Å². The van der Waals surface area contributed by atoms with Crippen LogP contribution < -0.4 is 10.5 Å². The van der Waals surface area contributed by atoms with Gasteiger partial charge in [-0.25, -0.2) is 9.36 Å². The summed E-state index contributed by atoms with van der Waals surface area (Å²) in [6, 6.07) is 23.4. The van der Waals surface area contributed by atoms with Crippen LogP contribution in [0.25, 0.3) is 5.82 Å². The van der Waals surface area contributed by atoms with Gasteiger partial charge in [-0.3, -0.25) is 9.59 Å². The minimum atomic E-state index is -0.802. The van der Waals surface area contributed by atoms with Crippen molar-refractivity contribution in [2.75, 3.05) is 4.90 Å². The minimum absolute atomic E-state index is 0.222. The molecule has 0 N–H and O–H groups in total. The molecule has 7 nitrogen and oxygen atoms in total. The highest BCUT2D eigenvalue weighted by molar-refractivity contribution is 5.95. The first-order valence-electron chi connectivity index (χ1n) is 10.5. The van der Waals surface area contributed by atoms with Crippen LogP contribution in [0.1, 0.15) is 29.9 Å². The van der Waals surface area contributed by atoms with Crippen LogP contribution in [0.2, 0.25) is 0 Å². The average molecular weight is 428 g/mol. The lowest BCUT2D eigenvalue weighted by atomic mass is 10.1. The third-order valence-corrected chi connectivity index (χ3v) is 5.28. The summed E-state index contributed by atoms with van der Waals surface area (Å²) < 4.78 is 2.90. The third-order valence-electron chi connectivity index (χ3n) is 5.28. The van der Waals surface area contributed by atoms with Crippen LogP contribution in [-0.4, -0.2) is 25.5 Å². The zero-order valence-electron chi connectivity index (χ0n) is 18.3. The maximum Gasteiger partial charge on any atom is 0.267 e. The topological polar surface area (TPSA) is 73.0 Å². The van der Waals surface area contributed by atoms with Gasteiger partial charge in [-0.05, 0) is 50.6 Å². The summed E-state index contributed by atoms with van der Waals surface area (Å²) in [7, 11) is 0. The van der Waals surface area contributed by atoms with Crippen LogP contribution >= 0.6 is 0 Å². The molecule has 2 heterocycles. The molecule has 2 aromatic heterocycles. The van der Waals surface area contributed by atoms with Crippen LogP contribution in [-0.2, 0) is 11.3 Å². The quantitative estimate of drug-likeness (QED) is 0.469. The lowest BCUT2D eigenvalue weighted by Crippen LogP contribution is -2.40. The summed E-state index contributed by atoms with van der Waals surface area (Å²) in [5.74, 6) is 0.268. The molecule has 0 aliphatic rings. The lowest BCUT2D eigenvalue weighted by molar-refractivity contribution is -0.121. The number of amides is 1. The monoisotopic (exact) mass is 427 g/mol. The molecule has 162 valence electrons. The maximum absolute atomic E-state index is 13.6. The number of carbonyl (C=O) groups is 1. The van der Waals surface area contributed by atoms with Crippen molar-refractivity contribution < 1.29 is 4.79 Å². The van der Waals surface area contributed by atoms with Gasteiger partial charge >= 0.3 is 0 Å². The molecular formula is C25H25N5O2. The van der Waals surface area contributed by atoms with Gasteiger partial charge in [0.15, 0.2) is 5.82 Å². The van der Waals surface area contributed by atoms with Gasteiger partial charge in [0, 0.05) is 17.4 Å². The highest BCUT2D eigenvalue weighted by Crippen LogP contribution is 2.21. The fourth-order valence-corrected chi connectivity index (χ4v) is 3.67. The van der Waals surface area contributed by atoms with E-state index in [4.69, 9.17) is 0 Å². The van der Waals surface area contributed by atoms with Crippen molar-refractivity contribution >= 4 is 11.6 Å². The van der Waals surface area contributed by atoms with Gasteiger partial charge in [-0.2, -0.15) is 5.10 Å². The van der Waals surface area contributed by atoms with E-state index in [1.807, 2.05) is 80.6 Å². The second kappa shape index (κ2) is 9.01. The van der Waals surface area contributed by atoms with E-state index in [0.29, 0.717) is 12.4 Å². The standard InChI is InChI=1S/C25H25N5O2/c1-18-16-19(2)29(26-18)23-14-15-24(31)30(27-23)20(3)25(32)28(22-12-8-5-9-13-22)17-21-10-6-4-7-11-21/h4-16,20H,17H2,1-3H3. The van der Waals surface area contributed by atoms with Crippen molar-refractivity contribution in [3.63, 3.8) is 0 Å². The summed E-state index contributed by atoms with van der Waals surface area (Å²) >= 11 is 0. The minimum Gasteiger partial charge on any atom is -0.306 e. The van der Waals surface area contributed by atoms with Gasteiger partial charge in [0.2, 0.25) is 0 Å². The van der Waals surface area contributed by atoms with Gasteiger partial charge in [0.1, 0.15) is 6.04 Å². The zero-order chi connectivity index (χ0) is 22.7. The number of nitrogens with zero attached hydrogens (tertiary/aromatic N) is 5. The van der Waals surface area contributed by atoms with Gasteiger partial charge < -0.3 is 4.90 Å². The molecule has 1 atom stereocenters. The Kier molecular flexibility index (Phi) is 5.98. The van der Waals surface area contributed by atoms with Crippen molar-refractivity contribution in [2.24, 2.45) is 0 Å². The molecule has 4 rings (SSSR count). The Morgan fingerprint density at radius 2 is 1.59 bits per heavy atom. The second-order valence-electron chi connectivity index (χ2n) is 7.73. The van der Waals surface area contributed by atoms with E-state index in [1.165, 1.54) is 10.7 Å². The van der Waals surface area contributed by atoms with Crippen molar-refractivity contribution in [3.8, 4) is 5.82 Å². The molecule has 0 saturated carbocycles. The van der Waals surface area contributed by atoms with Crippen molar-refractivity contribution in [2.45, 2.75) is 33.4 Å². The second-order valence-corrected chi connectivity index (χ2v) is 7.73. The highest BCUT2D eigenvalue weighted by atomic mass is 16.2. The van der Waals surface area contributed by atoms with Gasteiger partial charge in [-0.1, -0.05) is 48.5 Å². The first-order valence-corrected chi connectivity index (χ1v) is 10.5. The molecule has 1 amide bonds. The van der Waals surface area contributed by atoms with Crippen LogP contribution in [0.15, 0.2) is 83.7 Å². The Labute approximate surface area is 186 Å². The van der Waals surface area contributed by atoms with Gasteiger partial charge in [0.05, 0.1) is 12.2 Å². The Hall–Kier alpha value is -4.00. The molecule has 2 aromatic carbocycles. The zero-order valence-corrected chi connectivity index (χ0v) is 18.3. The number of carbonyl (C=O) groups excluding carboxylic acids is 1. The van der Waals surface area contributed by atoms with Crippen molar-refractivity contribution in [1.82, 2.24) is 19.6 Å². The summed E-state index contributed by atoms with van der Waals surface area (Å²) in [5, 5.41) is 8.92. The molecule has 7 heteroatoms. The van der Waals surface area contributed by atoms with E-state index < -0.39 is 6.04 Å². The lowest BCUT2D eigenvalue weighted by Gasteiger charge is -2.26. The van der Waals surface area contributed by atoms with Gasteiger partial charge in [0.25, 0.3) is 11.5 Å². The number of hydrogen-bond acceptors (Lipinski definition) is 4.